The molecule has 18 heavy (non-hydrogen) atoms. The largest absolute Gasteiger partial charge is 0.494 e. The zero-order valence-corrected chi connectivity index (χ0v) is 10.9. The quantitative estimate of drug-likeness (QED) is 0.763. The van der Waals surface area contributed by atoms with Gasteiger partial charge >= 0.3 is 5.97 Å². The molecule has 2 rings (SSSR count). The van der Waals surface area contributed by atoms with Crippen molar-refractivity contribution in [2.45, 2.75) is 13.8 Å². The van der Waals surface area contributed by atoms with Crippen LogP contribution in [0.5, 0.6) is 5.75 Å². The van der Waals surface area contributed by atoms with Gasteiger partial charge in [-0.3, -0.25) is 0 Å². The maximum atomic E-state index is 11.8. The zero-order chi connectivity index (χ0) is 13.3. The number of aromatic nitrogens is 1. The van der Waals surface area contributed by atoms with Crippen molar-refractivity contribution in [2.24, 2.45) is 0 Å². The van der Waals surface area contributed by atoms with Crippen molar-refractivity contribution in [1.82, 2.24) is 4.98 Å². The Hall–Kier alpha value is -2.10. The van der Waals surface area contributed by atoms with Gasteiger partial charge in [0.15, 0.2) is 0 Å². The Balaban J connectivity index is 2.88. The van der Waals surface area contributed by atoms with Gasteiger partial charge in [0.25, 0.3) is 0 Å². The molecule has 0 atom stereocenters. The number of methoxy groups -OCH3 is 2. The molecule has 4 nitrogen and oxygen atoms in total. The smallest absolute Gasteiger partial charge is 0.338 e. The Morgan fingerprint density at radius 2 is 1.94 bits per heavy atom. The summed E-state index contributed by atoms with van der Waals surface area (Å²) in [5.74, 6) is 0.292. The second kappa shape index (κ2) is 4.64. The van der Waals surface area contributed by atoms with E-state index in [1.54, 1.807) is 19.2 Å². The maximum absolute atomic E-state index is 11.8. The third-order valence-electron chi connectivity index (χ3n) is 2.87. The van der Waals surface area contributed by atoms with E-state index in [4.69, 9.17) is 9.47 Å². The van der Waals surface area contributed by atoms with Gasteiger partial charge in [-0.15, -0.1) is 0 Å². The molecule has 2 aromatic rings. The van der Waals surface area contributed by atoms with Gasteiger partial charge in [0.1, 0.15) is 11.3 Å². The van der Waals surface area contributed by atoms with E-state index in [0.29, 0.717) is 16.8 Å². The number of aryl methyl sites for hydroxylation is 2. The minimum Gasteiger partial charge on any atom is -0.494 e. The number of ether oxygens (including phenoxy) is 2. The summed E-state index contributed by atoms with van der Waals surface area (Å²) in [5, 5.41) is 0.784. The molecule has 0 spiro atoms. The first-order chi connectivity index (χ1) is 8.58. The first-order valence-corrected chi connectivity index (χ1v) is 5.61. The minimum absolute atomic E-state index is 0.364. The number of hydrogen-bond donors (Lipinski definition) is 0. The van der Waals surface area contributed by atoms with Crippen LogP contribution in [0.3, 0.4) is 0 Å². The van der Waals surface area contributed by atoms with E-state index >= 15 is 0 Å². The fourth-order valence-corrected chi connectivity index (χ4v) is 2.12. The number of rotatable bonds is 2. The summed E-state index contributed by atoms with van der Waals surface area (Å²) in [6, 6.07) is 5.38. The highest BCUT2D eigenvalue weighted by Crippen LogP contribution is 2.30. The van der Waals surface area contributed by atoms with E-state index in [9.17, 15) is 4.79 Å². The fourth-order valence-electron chi connectivity index (χ4n) is 2.12. The van der Waals surface area contributed by atoms with Crippen LogP contribution in [0.25, 0.3) is 10.9 Å². The van der Waals surface area contributed by atoms with Crippen molar-refractivity contribution < 1.29 is 14.3 Å². The van der Waals surface area contributed by atoms with Crippen LogP contribution in [0.4, 0.5) is 0 Å². The van der Waals surface area contributed by atoms with Crippen LogP contribution in [-0.2, 0) is 4.74 Å². The molecule has 0 aliphatic carbocycles. The molecule has 4 heteroatoms. The van der Waals surface area contributed by atoms with Crippen LogP contribution in [0.1, 0.15) is 21.6 Å². The normalized spacial score (nSPS) is 10.4. The molecular weight excluding hydrogens is 230 g/mol. The Labute approximate surface area is 106 Å². The van der Waals surface area contributed by atoms with Gasteiger partial charge in [0.2, 0.25) is 0 Å². The fraction of sp³-hybridized carbons (Fsp3) is 0.286. The average Bonchev–Trinajstić information content (AvgIpc) is 2.36. The van der Waals surface area contributed by atoms with Crippen molar-refractivity contribution in [2.75, 3.05) is 14.2 Å². The number of carbonyl (C=O) groups is 1. The monoisotopic (exact) mass is 245 g/mol. The van der Waals surface area contributed by atoms with E-state index in [1.165, 1.54) is 7.11 Å². The molecule has 0 unspecified atom stereocenters. The summed E-state index contributed by atoms with van der Waals surface area (Å²) in [6.45, 7) is 3.86. The summed E-state index contributed by atoms with van der Waals surface area (Å²) >= 11 is 0. The predicted molar refractivity (Wildman–Crippen MR) is 69.1 cm³/mol. The summed E-state index contributed by atoms with van der Waals surface area (Å²) in [5.41, 5.74) is 3.08. The number of nitrogens with zero attached hydrogens (tertiary/aromatic N) is 1. The number of hydrogen-bond acceptors (Lipinski definition) is 4. The standard InChI is InChI=1S/C14H15NO3/c1-8-7-9(2)15-13-11(17-3)6-5-10(12(8)13)14(16)18-4/h5-7H,1-4H3. The lowest BCUT2D eigenvalue weighted by atomic mass is 10.0. The van der Waals surface area contributed by atoms with Crippen LogP contribution < -0.4 is 4.74 Å². The lowest BCUT2D eigenvalue weighted by molar-refractivity contribution is 0.0603. The molecule has 0 aliphatic heterocycles. The predicted octanol–water partition coefficient (Wildman–Crippen LogP) is 2.65. The zero-order valence-electron chi connectivity index (χ0n) is 10.9. The Morgan fingerprint density at radius 1 is 1.22 bits per heavy atom. The lowest BCUT2D eigenvalue weighted by Gasteiger charge is -2.11. The number of fused-ring (bicyclic) bond motifs is 1. The molecule has 1 aromatic carbocycles. The molecule has 1 heterocycles. The van der Waals surface area contributed by atoms with Crippen LogP contribution in [-0.4, -0.2) is 25.2 Å². The van der Waals surface area contributed by atoms with Gasteiger partial charge in [-0.2, -0.15) is 0 Å². The van der Waals surface area contributed by atoms with Crippen molar-refractivity contribution >= 4 is 16.9 Å². The highest BCUT2D eigenvalue weighted by molar-refractivity contribution is 6.06. The molecule has 0 fully saturated rings. The van der Waals surface area contributed by atoms with Crippen LogP contribution in [0.2, 0.25) is 0 Å². The van der Waals surface area contributed by atoms with E-state index in [-0.39, 0.29) is 5.97 Å². The molecule has 1 aromatic heterocycles. The van der Waals surface area contributed by atoms with Crippen molar-refractivity contribution in [3.05, 3.63) is 35.0 Å². The summed E-state index contributed by atoms with van der Waals surface area (Å²) < 4.78 is 10.1. The van der Waals surface area contributed by atoms with Gasteiger partial charge in [0.05, 0.1) is 19.8 Å². The SMILES string of the molecule is COC(=O)c1ccc(OC)c2nc(C)cc(C)c12. The van der Waals surface area contributed by atoms with E-state index in [2.05, 4.69) is 4.98 Å². The Morgan fingerprint density at radius 3 is 2.56 bits per heavy atom. The second-order valence-electron chi connectivity index (χ2n) is 4.11. The van der Waals surface area contributed by atoms with Crippen molar-refractivity contribution in [3.8, 4) is 5.75 Å². The molecule has 0 radical (unpaired) electrons. The number of carbonyl (C=O) groups excluding carboxylic acids is 1. The molecule has 0 bridgehead atoms. The third-order valence-corrected chi connectivity index (χ3v) is 2.87. The molecule has 0 saturated carbocycles. The van der Waals surface area contributed by atoms with Crippen LogP contribution in [0.15, 0.2) is 18.2 Å². The lowest BCUT2D eigenvalue weighted by Crippen LogP contribution is -2.04. The second-order valence-corrected chi connectivity index (χ2v) is 4.11. The van der Waals surface area contributed by atoms with Crippen molar-refractivity contribution in [1.29, 1.82) is 0 Å². The van der Waals surface area contributed by atoms with Gasteiger partial charge in [-0.25, -0.2) is 9.78 Å². The minimum atomic E-state index is -0.364. The topological polar surface area (TPSA) is 48.4 Å². The molecule has 0 aliphatic rings. The van der Waals surface area contributed by atoms with Gasteiger partial charge in [-0.05, 0) is 37.6 Å². The van der Waals surface area contributed by atoms with Crippen molar-refractivity contribution in [3.63, 3.8) is 0 Å². The highest BCUT2D eigenvalue weighted by Gasteiger charge is 2.16. The van der Waals surface area contributed by atoms with Gasteiger partial charge in [0, 0.05) is 11.1 Å². The number of esters is 1. The first-order valence-electron chi connectivity index (χ1n) is 5.61. The summed E-state index contributed by atoms with van der Waals surface area (Å²) in [6.07, 6.45) is 0. The average molecular weight is 245 g/mol. The van der Waals surface area contributed by atoms with Crippen LogP contribution >= 0.6 is 0 Å². The van der Waals surface area contributed by atoms with E-state index < -0.39 is 0 Å². The number of benzene rings is 1. The highest BCUT2D eigenvalue weighted by atomic mass is 16.5. The summed E-state index contributed by atoms with van der Waals surface area (Å²) in [4.78, 5) is 16.2. The molecule has 94 valence electrons. The van der Waals surface area contributed by atoms with E-state index in [1.807, 2.05) is 19.9 Å². The molecule has 0 N–H and O–H groups in total. The summed E-state index contributed by atoms with van der Waals surface area (Å²) in [7, 11) is 2.96. The maximum Gasteiger partial charge on any atom is 0.338 e. The van der Waals surface area contributed by atoms with Gasteiger partial charge in [-0.1, -0.05) is 0 Å². The molecular formula is C14H15NO3. The molecule has 0 amide bonds. The number of pyridine rings is 1. The molecule has 0 saturated heterocycles. The Kier molecular flexibility index (Phi) is 3.19. The third kappa shape index (κ3) is 1.90. The first kappa shape index (κ1) is 12.4. The van der Waals surface area contributed by atoms with Crippen LogP contribution in [0, 0.1) is 13.8 Å². The van der Waals surface area contributed by atoms with E-state index in [0.717, 1.165) is 16.6 Å². The van der Waals surface area contributed by atoms with Gasteiger partial charge < -0.3 is 9.47 Å². The Bertz CT molecular complexity index is 620.